The molecule has 128 valence electrons. The Labute approximate surface area is 147 Å². The zero-order valence-corrected chi connectivity index (χ0v) is 14.7. The van der Waals surface area contributed by atoms with Crippen LogP contribution < -0.4 is 5.32 Å². The molecule has 3 aromatic rings. The molecule has 0 fully saturated rings. The highest BCUT2D eigenvalue weighted by Crippen LogP contribution is 2.28. The van der Waals surface area contributed by atoms with Gasteiger partial charge in [-0.25, -0.2) is 4.98 Å². The first-order valence-electron chi connectivity index (χ1n) is 9.01. The van der Waals surface area contributed by atoms with E-state index in [4.69, 9.17) is 4.98 Å². The molecule has 1 aliphatic heterocycles. The number of benzene rings is 2. The van der Waals surface area contributed by atoms with E-state index in [2.05, 4.69) is 41.9 Å². The van der Waals surface area contributed by atoms with Crippen LogP contribution in [0.2, 0.25) is 0 Å². The third kappa shape index (κ3) is 2.82. The maximum Gasteiger partial charge on any atom is 0.228 e. The summed E-state index contributed by atoms with van der Waals surface area (Å²) in [6, 6.07) is 14.4. The number of amides is 1. The van der Waals surface area contributed by atoms with Gasteiger partial charge in [0, 0.05) is 24.6 Å². The number of imidazole rings is 1. The highest BCUT2D eigenvalue weighted by molar-refractivity contribution is 5.94. The summed E-state index contributed by atoms with van der Waals surface area (Å²) in [7, 11) is 0. The molecular formula is C21H23N3O. The van der Waals surface area contributed by atoms with Crippen molar-refractivity contribution in [1.29, 1.82) is 0 Å². The Hall–Kier alpha value is -2.62. The molecule has 1 unspecified atom stereocenters. The molecule has 0 spiro atoms. The van der Waals surface area contributed by atoms with Crippen molar-refractivity contribution >= 4 is 22.6 Å². The minimum absolute atomic E-state index is 0.0198. The van der Waals surface area contributed by atoms with Gasteiger partial charge in [0.2, 0.25) is 5.91 Å². The second-order valence-corrected chi connectivity index (χ2v) is 6.81. The van der Waals surface area contributed by atoms with Crippen LogP contribution in [0, 0.1) is 12.8 Å². The van der Waals surface area contributed by atoms with Gasteiger partial charge in [-0.3, -0.25) is 4.79 Å². The van der Waals surface area contributed by atoms with E-state index in [1.165, 1.54) is 11.1 Å². The van der Waals surface area contributed by atoms with Crippen LogP contribution >= 0.6 is 0 Å². The third-order valence-electron chi connectivity index (χ3n) is 5.22. The average molecular weight is 333 g/mol. The first-order valence-corrected chi connectivity index (χ1v) is 9.01. The van der Waals surface area contributed by atoms with E-state index in [1.807, 2.05) is 24.3 Å². The first-order chi connectivity index (χ1) is 12.2. The molecular weight excluding hydrogens is 310 g/mol. The summed E-state index contributed by atoms with van der Waals surface area (Å²) in [6.07, 6.45) is 2.47. The topological polar surface area (TPSA) is 46.9 Å². The quantitative estimate of drug-likeness (QED) is 0.784. The molecule has 2 heterocycles. The summed E-state index contributed by atoms with van der Waals surface area (Å²) < 4.78 is 2.25. The zero-order chi connectivity index (χ0) is 17.4. The van der Waals surface area contributed by atoms with Crippen LogP contribution in [-0.4, -0.2) is 15.5 Å². The van der Waals surface area contributed by atoms with E-state index < -0.39 is 0 Å². The Bertz CT molecular complexity index is 941. The highest BCUT2D eigenvalue weighted by atomic mass is 16.1. The van der Waals surface area contributed by atoms with Crippen LogP contribution in [0.3, 0.4) is 0 Å². The van der Waals surface area contributed by atoms with Crippen molar-refractivity contribution in [2.75, 3.05) is 5.32 Å². The molecule has 4 heteroatoms. The molecule has 0 aliphatic carbocycles. The molecule has 0 radical (unpaired) electrons. The van der Waals surface area contributed by atoms with Crippen LogP contribution in [0.25, 0.3) is 11.0 Å². The zero-order valence-electron chi connectivity index (χ0n) is 14.7. The van der Waals surface area contributed by atoms with Crippen LogP contribution in [0.5, 0.6) is 0 Å². The predicted octanol–water partition coefficient (Wildman–Crippen LogP) is 4.11. The number of carbonyl (C=O) groups is 1. The molecule has 1 amide bonds. The number of fused-ring (bicyclic) bond motifs is 3. The minimum atomic E-state index is -0.0198. The number of para-hydroxylation sites is 3. The molecule has 0 saturated carbocycles. The molecule has 1 aliphatic rings. The predicted molar refractivity (Wildman–Crippen MR) is 101 cm³/mol. The summed E-state index contributed by atoms with van der Waals surface area (Å²) in [4.78, 5) is 17.6. The Morgan fingerprint density at radius 3 is 2.92 bits per heavy atom. The van der Waals surface area contributed by atoms with Crippen molar-refractivity contribution in [1.82, 2.24) is 9.55 Å². The summed E-state index contributed by atoms with van der Waals surface area (Å²) in [5.74, 6) is 1.11. The Morgan fingerprint density at radius 1 is 1.24 bits per heavy atom. The van der Waals surface area contributed by atoms with Crippen molar-refractivity contribution < 1.29 is 4.79 Å². The van der Waals surface area contributed by atoms with Crippen molar-refractivity contribution in [3.05, 3.63) is 59.4 Å². The van der Waals surface area contributed by atoms with Gasteiger partial charge in [0.05, 0.1) is 11.0 Å². The lowest BCUT2D eigenvalue weighted by atomic mass is 9.96. The molecule has 0 bridgehead atoms. The lowest BCUT2D eigenvalue weighted by Crippen LogP contribution is -2.31. The van der Waals surface area contributed by atoms with Gasteiger partial charge in [0.1, 0.15) is 5.82 Å². The molecule has 1 atom stereocenters. The van der Waals surface area contributed by atoms with Crippen LogP contribution in [0.1, 0.15) is 30.3 Å². The number of hydrogen-bond donors (Lipinski definition) is 1. The Kier molecular flexibility index (Phi) is 4.04. The normalized spacial score (nSPS) is 16.6. The fourth-order valence-corrected chi connectivity index (χ4v) is 3.79. The molecule has 1 N–H and O–H groups in total. The second kappa shape index (κ2) is 6.36. The van der Waals surface area contributed by atoms with Gasteiger partial charge in [0.25, 0.3) is 0 Å². The standard InChI is InChI=1S/C21H23N3O/c1-3-15-8-6-7-14(2)20(15)23-21(25)16-11-12-24-18-10-5-4-9-17(18)22-19(24)13-16/h4-10,16H,3,11-13H2,1-2H3,(H,23,25). The van der Waals surface area contributed by atoms with E-state index in [1.54, 1.807) is 0 Å². The van der Waals surface area contributed by atoms with Crippen LogP contribution in [0.4, 0.5) is 5.69 Å². The van der Waals surface area contributed by atoms with Gasteiger partial charge in [0.15, 0.2) is 0 Å². The first kappa shape index (κ1) is 15.9. The highest BCUT2D eigenvalue weighted by Gasteiger charge is 2.27. The van der Waals surface area contributed by atoms with Crippen molar-refractivity contribution in [2.24, 2.45) is 5.92 Å². The molecule has 2 aromatic carbocycles. The smallest absolute Gasteiger partial charge is 0.228 e. The number of rotatable bonds is 3. The van der Waals surface area contributed by atoms with Crippen molar-refractivity contribution in [2.45, 2.75) is 39.7 Å². The number of aryl methyl sites for hydroxylation is 3. The van der Waals surface area contributed by atoms with Gasteiger partial charge >= 0.3 is 0 Å². The largest absolute Gasteiger partial charge is 0.328 e. The number of aromatic nitrogens is 2. The maximum atomic E-state index is 12.9. The lowest BCUT2D eigenvalue weighted by Gasteiger charge is -2.24. The Balaban J connectivity index is 1.57. The van der Waals surface area contributed by atoms with Crippen molar-refractivity contribution in [3.63, 3.8) is 0 Å². The number of anilines is 1. The minimum Gasteiger partial charge on any atom is -0.328 e. The lowest BCUT2D eigenvalue weighted by molar-refractivity contribution is -0.120. The molecule has 1 aromatic heterocycles. The fourth-order valence-electron chi connectivity index (χ4n) is 3.79. The van der Waals surface area contributed by atoms with Crippen LogP contribution in [0.15, 0.2) is 42.5 Å². The molecule has 0 saturated heterocycles. The average Bonchev–Trinajstić information content (AvgIpc) is 3.01. The van der Waals surface area contributed by atoms with Crippen LogP contribution in [-0.2, 0) is 24.2 Å². The monoisotopic (exact) mass is 333 g/mol. The van der Waals surface area contributed by atoms with Gasteiger partial charge in [-0.05, 0) is 43.0 Å². The third-order valence-corrected chi connectivity index (χ3v) is 5.22. The fraction of sp³-hybridized carbons (Fsp3) is 0.333. The van der Waals surface area contributed by atoms with E-state index in [9.17, 15) is 4.79 Å². The summed E-state index contributed by atoms with van der Waals surface area (Å²) in [5.41, 5.74) is 5.48. The SMILES string of the molecule is CCc1cccc(C)c1NC(=O)C1CCn2c(nc3ccccc32)C1. The summed E-state index contributed by atoms with van der Waals surface area (Å²) >= 11 is 0. The van der Waals surface area contributed by atoms with E-state index in [0.717, 1.165) is 42.0 Å². The van der Waals surface area contributed by atoms with Gasteiger partial charge in [-0.1, -0.05) is 37.3 Å². The van der Waals surface area contributed by atoms with E-state index in [-0.39, 0.29) is 11.8 Å². The summed E-state index contributed by atoms with van der Waals surface area (Å²) in [5, 5.41) is 3.19. The number of hydrogen-bond acceptors (Lipinski definition) is 2. The van der Waals surface area contributed by atoms with Gasteiger partial charge < -0.3 is 9.88 Å². The number of nitrogens with one attached hydrogen (secondary N) is 1. The second-order valence-electron chi connectivity index (χ2n) is 6.81. The summed E-state index contributed by atoms with van der Waals surface area (Å²) in [6.45, 7) is 5.02. The molecule has 25 heavy (non-hydrogen) atoms. The van der Waals surface area contributed by atoms with Gasteiger partial charge in [-0.15, -0.1) is 0 Å². The van der Waals surface area contributed by atoms with E-state index >= 15 is 0 Å². The van der Waals surface area contributed by atoms with Crippen molar-refractivity contribution in [3.8, 4) is 0 Å². The molecule has 4 nitrogen and oxygen atoms in total. The number of carbonyl (C=O) groups excluding carboxylic acids is 1. The molecule has 4 rings (SSSR count). The van der Waals surface area contributed by atoms with Gasteiger partial charge in [-0.2, -0.15) is 0 Å². The van der Waals surface area contributed by atoms with E-state index in [0.29, 0.717) is 6.42 Å². The maximum absolute atomic E-state index is 12.9. The number of nitrogens with zero attached hydrogens (tertiary/aromatic N) is 2. The Morgan fingerprint density at radius 2 is 2.08 bits per heavy atom.